The van der Waals surface area contributed by atoms with Crippen molar-refractivity contribution in [3.63, 3.8) is 0 Å². The summed E-state index contributed by atoms with van der Waals surface area (Å²) in [7, 11) is 1.51. The van der Waals surface area contributed by atoms with Crippen LogP contribution in [-0.2, 0) is 6.42 Å². The van der Waals surface area contributed by atoms with Gasteiger partial charge < -0.3 is 5.21 Å². The van der Waals surface area contributed by atoms with Crippen molar-refractivity contribution >= 4 is 16.0 Å². The average molecular weight is 210 g/mol. The van der Waals surface area contributed by atoms with Crippen molar-refractivity contribution in [2.45, 2.75) is 6.42 Å². The van der Waals surface area contributed by atoms with E-state index in [4.69, 9.17) is 0 Å². The van der Waals surface area contributed by atoms with E-state index in [1.54, 1.807) is 7.05 Å². The molecule has 1 aromatic rings. The molecule has 0 saturated heterocycles. The zero-order valence-electron chi connectivity index (χ0n) is 8.12. The molecule has 2 N–H and O–H groups in total. The number of quaternary nitrogens is 1. The van der Waals surface area contributed by atoms with Gasteiger partial charge in [-0.25, -0.2) is 0 Å². The molecule has 0 aromatic heterocycles. The Morgan fingerprint density at radius 3 is 3.00 bits per heavy atom. The maximum Gasteiger partial charge on any atom is 0.0846 e. The number of hydrogen-bond acceptors (Lipinski definition) is 2. The Kier molecular flexibility index (Phi) is 2.98. The van der Waals surface area contributed by atoms with Crippen LogP contribution in [-0.4, -0.2) is 18.2 Å². The first-order valence-electron chi connectivity index (χ1n) is 4.65. The van der Waals surface area contributed by atoms with Gasteiger partial charge in [0.05, 0.1) is 7.05 Å². The van der Waals surface area contributed by atoms with Gasteiger partial charge in [0.15, 0.2) is 0 Å². The molecule has 4 heteroatoms. The van der Waals surface area contributed by atoms with Crippen molar-refractivity contribution in [1.29, 1.82) is 0 Å². The highest BCUT2D eigenvalue weighted by Crippen LogP contribution is 2.19. The number of benzene rings is 1. The van der Waals surface area contributed by atoms with E-state index in [1.807, 2.05) is 6.07 Å². The summed E-state index contributed by atoms with van der Waals surface area (Å²) >= 11 is 0. The van der Waals surface area contributed by atoms with Crippen LogP contribution in [0.2, 0.25) is 0 Å². The van der Waals surface area contributed by atoms with Crippen molar-refractivity contribution in [3.8, 4) is 0 Å². The molecule has 1 aliphatic rings. The normalized spacial score (nSPS) is 22.3. The Morgan fingerprint density at radius 1 is 1.43 bits per heavy atom. The predicted octanol–water partition coefficient (Wildman–Crippen LogP) is 0.0940. The first-order chi connectivity index (χ1) is 6.75. The van der Waals surface area contributed by atoms with Crippen molar-refractivity contribution < 1.29 is 5.17 Å². The molecule has 14 heavy (non-hydrogen) atoms. The second-order valence-electron chi connectivity index (χ2n) is 3.36. The topological polar surface area (TPSA) is 39.5 Å². The zero-order valence-corrected chi connectivity index (χ0v) is 8.93. The molecule has 3 nitrogen and oxygen atoms in total. The third-order valence-corrected chi connectivity index (χ3v) is 3.92. The molecule has 2 atom stereocenters. The van der Waals surface area contributed by atoms with E-state index >= 15 is 0 Å². The minimum atomic E-state index is -0.0607. The second-order valence-corrected chi connectivity index (χ2v) is 5.06. The number of nitrogens with one attached hydrogen (secondary N) is 2. The van der Waals surface area contributed by atoms with E-state index in [1.165, 1.54) is 11.1 Å². The molecule has 0 spiro atoms. The fourth-order valence-corrected chi connectivity index (χ4v) is 3.20. The average Bonchev–Trinajstić information content (AvgIpc) is 2.17. The van der Waals surface area contributed by atoms with Crippen molar-refractivity contribution in [3.05, 3.63) is 40.6 Å². The molecule has 0 amide bonds. The third-order valence-electron chi connectivity index (χ3n) is 2.19. The largest absolute Gasteiger partial charge is 0.613 e. The van der Waals surface area contributed by atoms with E-state index in [2.05, 4.69) is 28.4 Å². The van der Waals surface area contributed by atoms with Crippen molar-refractivity contribution in [1.82, 2.24) is 4.83 Å². The van der Waals surface area contributed by atoms with Gasteiger partial charge in [0.1, 0.15) is 0 Å². The van der Waals surface area contributed by atoms with Gasteiger partial charge in [0.25, 0.3) is 0 Å². The van der Waals surface area contributed by atoms with Crippen LogP contribution in [0.25, 0.3) is 0 Å². The monoisotopic (exact) mass is 210 g/mol. The Labute approximate surface area is 86.3 Å². The van der Waals surface area contributed by atoms with Crippen LogP contribution in [0.15, 0.2) is 24.3 Å². The Bertz CT molecular complexity index is 363. The molecule has 1 aromatic carbocycles. The van der Waals surface area contributed by atoms with Gasteiger partial charge in [0.2, 0.25) is 0 Å². The van der Waals surface area contributed by atoms with E-state index in [0.717, 1.165) is 12.2 Å². The van der Waals surface area contributed by atoms with Gasteiger partial charge in [0, 0.05) is 5.75 Å². The van der Waals surface area contributed by atoms with Crippen LogP contribution in [0, 0.1) is 5.21 Å². The van der Waals surface area contributed by atoms with Crippen LogP contribution in [0.3, 0.4) is 0 Å². The number of fused-ring (bicyclic) bond motifs is 1. The van der Waals surface area contributed by atoms with Gasteiger partial charge in [-0.05, 0) is 22.9 Å². The summed E-state index contributed by atoms with van der Waals surface area (Å²) in [5, 5.41) is 13.1. The van der Waals surface area contributed by atoms with Crippen LogP contribution >= 0.6 is 10.7 Å². The molecule has 2 unspecified atom stereocenters. The second kappa shape index (κ2) is 4.23. The summed E-state index contributed by atoms with van der Waals surface area (Å²) in [4.78, 5) is 2.96. The predicted molar refractivity (Wildman–Crippen MR) is 61.2 cm³/mol. The number of hydrogen-bond donors (Lipinski definition) is 2. The van der Waals surface area contributed by atoms with Crippen LogP contribution < -0.4 is 10.0 Å². The Balaban J connectivity index is 2.22. The molecular weight excluding hydrogens is 196 g/mol. The molecule has 1 aliphatic heterocycles. The van der Waals surface area contributed by atoms with Crippen molar-refractivity contribution in [2.24, 2.45) is 0 Å². The lowest BCUT2D eigenvalue weighted by Crippen LogP contribution is -3.10. The third kappa shape index (κ3) is 2.22. The van der Waals surface area contributed by atoms with Gasteiger partial charge >= 0.3 is 0 Å². The molecular formula is C10H14N2OS. The van der Waals surface area contributed by atoms with Crippen LogP contribution in [0.4, 0.5) is 0 Å². The van der Waals surface area contributed by atoms with Crippen LogP contribution in [0.5, 0.6) is 0 Å². The molecule has 0 aliphatic carbocycles. The fraction of sp³-hybridized carbons (Fsp3) is 0.300. The van der Waals surface area contributed by atoms with E-state index in [-0.39, 0.29) is 15.8 Å². The van der Waals surface area contributed by atoms with Crippen LogP contribution in [0.1, 0.15) is 11.1 Å². The summed E-state index contributed by atoms with van der Waals surface area (Å²) in [5.74, 6) is 1.04. The van der Waals surface area contributed by atoms with Gasteiger partial charge in [-0.1, -0.05) is 34.9 Å². The summed E-state index contributed by atoms with van der Waals surface area (Å²) in [6, 6.07) is 8.36. The Morgan fingerprint density at radius 2 is 2.21 bits per heavy atom. The van der Waals surface area contributed by atoms with Gasteiger partial charge in [-0.3, -0.25) is 5.17 Å². The lowest BCUT2D eigenvalue weighted by Gasteiger charge is -2.22. The lowest BCUT2D eigenvalue weighted by molar-refractivity contribution is -0.857. The minimum absolute atomic E-state index is 0.0592. The molecule has 1 heterocycles. The van der Waals surface area contributed by atoms with E-state index < -0.39 is 0 Å². The summed E-state index contributed by atoms with van der Waals surface area (Å²) in [6.45, 7) is 0. The highest BCUT2D eigenvalue weighted by molar-refractivity contribution is 8.13. The highest BCUT2D eigenvalue weighted by atomic mass is 32.2. The van der Waals surface area contributed by atoms with Gasteiger partial charge in [-0.15, -0.1) is 4.83 Å². The smallest absolute Gasteiger partial charge is 0.0846 e. The minimum Gasteiger partial charge on any atom is -0.613 e. The van der Waals surface area contributed by atoms with Crippen molar-refractivity contribution in [2.75, 3.05) is 12.8 Å². The molecule has 0 saturated carbocycles. The maximum atomic E-state index is 10.9. The Hall–Kier alpha value is -0.680. The van der Waals surface area contributed by atoms with Gasteiger partial charge in [-0.2, -0.15) is 0 Å². The van der Waals surface area contributed by atoms with E-state index in [9.17, 15) is 5.21 Å². The molecule has 76 valence electrons. The number of rotatable bonds is 2. The SMILES string of the molecule is C[NH+]([O-])NS1=Cc2ccccc2CC1. The number of aryl methyl sites for hydroxylation is 1. The molecule has 0 bridgehead atoms. The summed E-state index contributed by atoms with van der Waals surface area (Å²) < 4.78 is 0. The zero-order chi connectivity index (χ0) is 9.97. The fourth-order valence-electron chi connectivity index (χ4n) is 1.57. The number of hydroxylamine groups is 1. The molecule has 2 rings (SSSR count). The summed E-state index contributed by atoms with van der Waals surface area (Å²) in [5.41, 5.74) is 2.66. The maximum absolute atomic E-state index is 10.9. The quantitative estimate of drug-likeness (QED) is 0.536. The van der Waals surface area contributed by atoms with E-state index in [0.29, 0.717) is 0 Å². The molecule has 0 radical (unpaired) electrons. The highest BCUT2D eigenvalue weighted by Gasteiger charge is 2.09. The first-order valence-corrected chi connectivity index (χ1v) is 6.11. The standard InChI is InChI=1S/C10H14N2OS/c1-12(13)11-14-7-6-9-4-2-3-5-10(9)8-14/h2-5,8,11-12H,6-7H2,1H3. The first kappa shape index (κ1) is 9.86. The molecule has 0 fully saturated rings. The summed E-state index contributed by atoms with van der Waals surface area (Å²) in [6.07, 6.45) is 1.07. The lowest BCUT2D eigenvalue weighted by atomic mass is 10.1.